The average Bonchev–Trinajstić information content (AvgIpc) is 2.66. The molecule has 1 atom stereocenters. The van der Waals surface area contributed by atoms with E-state index in [9.17, 15) is 4.79 Å². The zero-order valence-corrected chi connectivity index (χ0v) is 12.0. The summed E-state index contributed by atoms with van der Waals surface area (Å²) >= 11 is 1.60. The molecule has 1 fully saturated rings. The van der Waals surface area contributed by atoms with Gasteiger partial charge in [-0.1, -0.05) is 12.8 Å². The summed E-state index contributed by atoms with van der Waals surface area (Å²) in [7, 11) is 0. The fourth-order valence-corrected chi connectivity index (χ4v) is 3.06. The van der Waals surface area contributed by atoms with Crippen LogP contribution in [-0.4, -0.2) is 29.1 Å². The minimum atomic E-state index is -0.384. The number of nitrogens with two attached hydrogens (primary N) is 1. The predicted octanol–water partition coefficient (Wildman–Crippen LogP) is 2.58. The van der Waals surface area contributed by atoms with Crippen molar-refractivity contribution in [2.45, 2.75) is 58.1 Å². The molecule has 1 saturated carbocycles. The molecule has 100 valence electrons. The molecule has 17 heavy (non-hydrogen) atoms. The molecular formula is C13H25NO2S. The molecule has 0 heterocycles. The number of carbonyl (C=O) groups excluding carboxylic acids is 1. The first-order chi connectivity index (χ1) is 7.88. The molecule has 0 aliphatic heterocycles. The summed E-state index contributed by atoms with van der Waals surface area (Å²) in [5, 5.41) is 0. The van der Waals surface area contributed by atoms with Crippen molar-refractivity contribution in [3.05, 3.63) is 0 Å². The van der Waals surface area contributed by atoms with Gasteiger partial charge in [0, 0.05) is 11.8 Å². The standard InChI is InChI=1S/C13H25NO2S/c1-13(2,3)16-12(15)9-17-8-11(14)10-6-4-5-7-10/h10-11H,4-9,14H2,1-3H3. The zero-order chi connectivity index (χ0) is 12.9. The Morgan fingerprint density at radius 1 is 1.41 bits per heavy atom. The van der Waals surface area contributed by atoms with Gasteiger partial charge in [-0.05, 0) is 39.5 Å². The molecule has 0 aromatic carbocycles. The van der Waals surface area contributed by atoms with E-state index in [4.69, 9.17) is 10.5 Å². The third-order valence-electron chi connectivity index (χ3n) is 2.96. The number of hydrogen-bond donors (Lipinski definition) is 1. The summed E-state index contributed by atoms with van der Waals surface area (Å²) in [6.45, 7) is 5.67. The van der Waals surface area contributed by atoms with Crippen LogP contribution in [0.2, 0.25) is 0 Å². The smallest absolute Gasteiger partial charge is 0.316 e. The number of rotatable bonds is 5. The molecule has 0 spiro atoms. The van der Waals surface area contributed by atoms with Crippen molar-refractivity contribution in [2.24, 2.45) is 11.7 Å². The second kappa shape index (κ2) is 6.64. The summed E-state index contributed by atoms with van der Waals surface area (Å²) in [6.07, 6.45) is 5.15. The van der Waals surface area contributed by atoms with Gasteiger partial charge in [0.05, 0.1) is 5.75 Å². The first-order valence-corrected chi connectivity index (χ1v) is 7.59. The van der Waals surface area contributed by atoms with E-state index in [0.717, 1.165) is 5.75 Å². The van der Waals surface area contributed by atoms with Crippen LogP contribution in [0.15, 0.2) is 0 Å². The third-order valence-corrected chi connectivity index (χ3v) is 4.02. The fourth-order valence-electron chi connectivity index (χ4n) is 2.17. The van der Waals surface area contributed by atoms with Gasteiger partial charge in [0.25, 0.3) is 0 Å². The van der Waals surface area contributed by atoms with E-state index < -0.39 is 0 Å². The lowest BCUT2D eigenvalue weighted by Crippen LogP contribution is -2.31. The van der Waals surface area contributed by atoms with Gasteiger partial charge >= 0.3 is 5.97 Å². The van der Waals surface area contributed by atoms with Crippen molar-refractivity contribution >= 4 is 17.7 Å². The number of ether oxygens (including phenoxy) is 1. The Kier molecular flexibility index (Phi) is 5.80. The molecule has 1 aliphatic carbocycles. The summed E-state index contributed by atoms with van der Waals surface area (Å²) < 4.78 is 5.24. The molecular weight excluding hydrogens is 234 g/mol. The first kappa shape index (κ1) is 14.8. The topological polar surface area (TPSA) is 52.3 Å². The lowest BCUT2D eigenvalue weighted by Gasteiger charge is -2.20. The van der Waals surface area contributed by atoms with Gasteiger partial charge in [-0.3, -0.25) is 4.79 Å². The normalized spacial score (nSPS) is 19.3. The van der Waals surface area contributed by atoms with Gasteiger partial charge in [0.1, 0.15) is 5.60 Å². The SMILES string of the molecule is CC(C)(C)OC(=O)CSCC(N)C1CCCC1. The minimum absolute atomic E-state index is 0.138. The van der Waals surface area contributed by atoms with Crippen LogP contribution in [0, 0.1) is 5.92 Å². The molecule has 0 amide bonds. The van der Waals surface area contributed by atoms with Gasteiger partial charge in [-0.2, -0.15) is 0 Å². The van der Waals surface area contributed by atoms with Crippen molar-refractivity contribution < 1.29 is 9.53 Å². The van der Waals surface area contributed by atoms with E-state index in [0.29, 0.717) is 11.7 Å². The average molecular weight is 259 g/mol. The van der Waals surface area contributed by atoms with E-state index in [1.54, 1.807) is 11.8 Å². The number of hydrogen-bond acceptors (Lipinski definition) is 4. The van der Waals surface area contributed by atoms with Crippen LogP contribution >= 0.6 is 11.8 Å². The molecule has 4 heteroatoms. The molecule has 1 unspecified atom stereocenters. The molecule has 3 nitrogen and oxygen atoms in total. The van der Waals surface area contributed by atoms with E-state index in [1.165, 1.54) is 25.7 Å². The van der Waals surface area contributed by atoms with Crippen molar-refractivity contribution in [3.8, 4) is 0 Å². The fraction of sp³-hybridized carbons (Fsp3) is 0.923. The third kappa shape index (κ3) is 6.32. The highest BCUT2D eigenvalue weighted by Crippen LogP contribution is 2.28. The summed E-state index contributed by atoms with van der Waals surface area (Å²) in [5.41, 5.74) is 5.74. The molecule has 2 N–H and O–H groups in total. The molecule has 0 bridgehead atoms. The van der Waals surface area contributed by atoms with Crippen molar-refractivity contribution in [1.82, 2.24) is 0 Å². The minimum Gasteiger partial charge on any atom is -0.459 e. The van der Waals surface area contributed by atoms with Gasteiger partial charge < -0.3 is 10.5 Å². The highest BCUT2D eigenvalue weighted by Gasteiger charge is 2.22. The molecule has 1 rings (SSSR count). The van der Waals surface area contributed by atoms with Crippen molar-refractivity contribution in [2.75, 3.05) is 11.5 Å². The second-order valence-corrected chi connectivity index (χ2v) is 6.84. The highest BCUT2D eigenvalue weighted by atomic mass is 32.2. The lowest BCUT2D eigenvalue weighted by atomic mass is 10.0. The summed E-state index contributed by atoms with van der Waals surface area (Å²) in [6, 6.07) is 0.241. The van der Waals surface area contributed by atoms with E-state index in [-0.39, 0.29) is 17.6 Å². The number of esters is 1. The highest BCUT2D eigenvalue weighted by molar-refractivity contribution is 7.99. The zero-order valence-electron chi connectivity index (χ0n) is 11.2. The maximum atomic E-state index is 11.5. The van der Waals surface area contributed by atoms with Crippen LogP contribution in [0.3, 0.4) is 0 Å². The van der Waals surface area contributed by atoms with Crippen molar-refractivity contribution in [1.29, 1.82) is 0 Å². The summed E-state index contributed by atoms with van der Waals surface area (Å²) in [5.74, 6) is 1.81. The molecule has 0 radical (unpaired) electrons. The Hall–Kier alpha value is -0.220. The van der Waals surface area contributed by atoms with Gasteiger partial charge in [-0.15, -0.1) is 11.8 Å². The molecule has 0 aromatic rings. The molecule has 0 saturated heterocycles. The van der Waals surface area contributed by atoms with Gasteiger partial charge in [0.15, 0.2) is 0 Å². The van der Waals surface area contributed by atoms with Crippen LogP contribution in [0.25, 0.3) is 0 Å². The Labute approximate surface area is 109 Å². The van der Waals surface area contributed by atoms with E-state index in [1.807, 2.05) is 20.8 Å². The number of thioether (sulfide) groups is 1. The molecule has 1 aliphatic rings. The van der Waals surface area contributed by atoms with Gasteiger partial charge in [-0.25, -0.2) is 0 Å². The van der Waals surface area contributed by atoms with Crippen LogP contribution in [0.5, 0.6) is 0 Å². The predicted molar refractivity (Wildman–Crippen MR) is 73.1 cm³/mol. The van der Waals surface area contributed by atoms with Crippen LogP contribution in [0.1, 0.15) is 46.5 Å². The Morgan fingerprint density at radius 2 is 2.00 bits per heavy atom. The largest absolute Gasteiger partial charge is 0.459 e. The maximum Gasteiger partial charge on any atom is 0.316 e. The monoisotopic (exact) mass is 259 g/mol. The Morgan fingerprint density at radius 3 is 2.53 bits per heavy atom. The summed E-state index contributed by atoms with van der Waals surface area (Å²) in [4.78, 5) is 11.5. The van der Waals surface area contributed by atoms with Crippen LogP contribution < -0.4 is 5.73 Å². The Bertz CT molecular complexity index is 244. The number of carbonyl (C=O) groups is 1. The maximum absolute atomic E-state index is 11.5. The quantitative estimate of drug-likeness (QED) is 0.771. The van der Waals surface area contributed by atoms with E-state index in [2.05, 4.69) is 0 Å². The first-order valence-electron chi connectivity index (χ1n) is 6.43. The van der Waals surface area contributed by atoms with Crippen molar-refractivity contribution in [3.63, 3.8) is 0 Å². The molecule has 0 aromatic heterocycles. The van der Waals surface area contributed by atoms with Crippen LogP contribution in [-0.2, 0) is 9.53 Å². The van der Waals surface area contributed by atoms with Crippen LogP contribution in [0.4, 0.5) is 0 Å². The van der Waals surface area contributed by atoms with E-state index >= 15 is 0 Å². The Balaban J connectivity index is 2.12. The second-order valence-electron chi connectivity index (χ2n) is 5.81. The lowest BCUT2D eigenvalue weighted by molar-refractivity contribution is -0.151. The van der Waals surface area contributed by atoms with Gasteiger partial charge in [0.2, 0.25) is 0 Å².